The van der Waals surface area contributed by atoms with E-state index in [0.29, 0.717) is 23.5 Å². The molecule has 0 saturated carbocycles. The van der Waals surface area contributed by atoms with Gasteiger partial charge in [-0.05, 0) is 49.7 Å². The molecule has 1 aliphatic heterocycles. The fraction of sp³-hybridized carbons (Fsp3) is 0.227. The Bertz CT molecular complexity index is 1070. The monoisotopic (exact) mass is 408 g/mol. The summed E-state index contributed by atoms with van der Waals surface area (Å²) in [4.78, 5) is 30.8. The molecule has 0 fully saturated rings. The topological polar surface area (TPSA) is 68.7 Å². The number of carbonyl (C=O) groups is 2. The Hall–Kier alpha value is -3.19. The molecule has 0 saturated heterocycles. The Morgan fingerprint density at radius 3 is 2.66 bits per heavy atom. The number of hydrogen-bond donors (Lipinski definition) is 0. The Kier molecular flexibility index (Phi) is 5.07. The molecule has 1 unspecified atom stereocenters. The van der Waals surface area contributed by atoms with Gasteiger partial charge in [-0.3, -0.25) is 4.79 Å². The van der Waals surface area contributed by atoms with Gasteiger partial charge in [-0.1, -0.05) is 12.1 Å². The van der Waals surface area contributed by atoms with Crippen molar-refractivity contribution < 1.29 is 19.1 Å². The minimum atomic E-state index is -0.566. The molecule has 29 heavy (non-hydrogen) atoms. The van der Waals surface area contributed by atoms with Crippen LogP contribution in [-0.2, 0) is 16.1 Å². The van der Waals surface area contributed by atoms with Gasteiger partial charge in [-0.2, -0.15) is 0 Å². The molecule has 0 bridgehead atoms. The fourth-order valence-electron chi connectivity index (χ4n) is 3.27. The van der Waals surface area contributed by atoms with E-state index in [1.54, 1.807) is 35.3 Å². The van der Waals surface area contributed by atoms with E-state index in [2.05, 4.69) is 4.98 Å². The molecule has 1 aliphatic rings. The van der Waals surface area contributed by atoms with E-state index >= 15 is 0 Å². The van der Waals surface area contributed by atoms with Crippen LogP contribution >= 0.6 is 11.3 Å². The third-order valence-electron chi connectivity index (χ3n) is 4.80. The van der Waals surface area contributed by atoms with Crippen molar-refractivity contribution in [2.45, 2.75) is 26.5 Å². The Morgan fingerprint density at radius 1 is 1.24 bits per heavy atom. The predicted octanol–water partition coefficient (Wildman–Crippen LogP) is 4.22. The molecule has 1 amide bonds. The summed E-state index contributed by atoms with van der Waals surface area (Å²) in [6, 6.07) is 12.8. The van der Waals surface area contributed by atoms with Crippen LogP contribution in [-0.4, -0.2) is 30.1 Å². The number of anilines is 1. The summed E-state index contributed by atoms with van der Waals surface area (Å²) in [6.45, 7) is 4.09. The summed E-state index contributed by atoms with van der Waals surface area (Å²) >= 11 is 1.59. The van der Waals surface area contributed by atoms with Crippen LogP contribution in [0.4, 0.5) is 5.69 Å². The lowest BCUT2D eigenvalue weighted by atomic mass is 10.1. The van der Waals surface area contributed by atoms with Crippen molar-refractivity contribution in [3.63, 3.8) is 0 Å². The number of aromatic nitrogens is 1. The summed E-state index contributed by atoms with van der Waals surface area (Å²) in [5, 5.41) is 2.99. The smallest absolute Gasteiger partial charge is 0.337 e. The molecule has 0 aliphatic carbocycles. The largest absolute Gasteiger partial charge is 0.479 e. The van der Waals surface area contributed by atoms with Gasteiger partial charge < -0.3 is 14.4 Å². The van der Waals surface area contributed by atoms with Gasteiger partial charge in [-0.25, -0.2) is 9.78 Å². The molecule has 0 radical (unpaired) electrons. The average Bonchev–Trinajstić information content (AvgIpc) is 3.17. The highest BCUT2D eigenvalue weighted by Crippen LogP contribution is 2.38. The van der Waals surface area contributed by atoms with Gasteiger partial charge in [0.05, 0.1) is 35.6 Å². The van der Waals surface area contributed by atoms with Gasteiger partial charge >= 0.3 is 5.97 Å². The molecule has 148 valence electrons. The number of ether oxygens (including phenoxy) is 2. The summed E-state index contributed by atoms with van der Waals surface area (Å²) < 4.78 is 10.5. The highest BCUT2D eigenvalue weighted by Gasteiger charge is 2.32. The van der Waals surface area contributed by atoms with Crippen molar-refractivity contribution in [2.24, 2.45) is 0 Å². The number of fused-ring (bicyclic) bond motifs is 1. The van der Waals surface area contributed by atoms with E-state index in [1.807, 2.05) is 42.6 Å². The lowest BCUT2D eigenvalue weighted by Gasteiger charge is -2.33. The first-order valence-electron chi connectivity index (χ1n) is 9.18. The first-order chi connectivity index (χ1) is 14.0. The SMILES string of the molecule is COC(=O)c1ccc(CN2C(=O)C(C)Oc3ccc(-c4csc(C)n4)cc32)cc1. The minimum Gasteiger partial charge on any atom is -0.479 e. The number of methoxy groups -OCH3 is 1. The maximum Gasteiger partial charge on any atom is 0.337 e. The number of amides is 1. The number of thiazole rings is 1. The molecule has 2 heterocycles. The van der Waals surface area contributed by atoms with Crippen LogP contribution in [0.5, 0.6) is 5.75 Å². The van der Waals surface area contributed by atoms with E-state index in [4.69, 9.17) is 9.47 Å². The lowest BCUT2D eigenvalue weighted by Crippen LogP contribution is -2.44. The molecule has 0 spiro atoms. The Balaban J connectivity index is 1.68. The minimum absolute atomic E-state index is 0.110. The normalized spacial score (nSPS) is 15.6. The number of carbonyl (C=O) groups excluding carboxylic acids is 2. The number of esters is 1. The first kappa shape index (κ1) is 19.1. The van der Waals surface area contributed by atoms with Gasteiger partial charge in [0.2, 0.25) is 0 Å². The van der Waals surface area contributed by atoms with Crippen LogP contribution in [0.15, 0.2) is 47.8 Å². The maximum absolute atomic E-state index is 12.9. The van der Waals surface area contributed by atoms with Crippen molar-refractivity contribution in [1.82, 2.24) is 4.98 Å². The molecule has 7 heteroatoms. The number of aryl methyl sites for hydroxylation is 1. The summed E-state index contributed by atoms with van der Waals surface area (Å²) in [6.07, 6.45) is -0.566. The van der Waals surface area contributed by atoms with Crippen molar-refractivity contribution in [1.29, 1.82) is 0 Å². The third-order valence-corrected chi connectivity index (χ3v) is 5.57. The van der Waals surface area contributed by atoms with Crippen LogP contribution in [0.2, 0.25) is 0 Å². The summed E-state index contributed by atoms with van der Waals surface area (Å²) in [5.41, 5.74) is 3.91. The zero-order valence-electron chi connectivity index (χ0n) is 16.3. The van der Waals surface area contributed by atoms with E-state index in [-0.39, 0.29) is 11.9 Å². The zero-order chi connectivity index (χ0) is 20.5. The van der Waals surface area contributed by atoms with Gasteiger partial charge in [0.15, 0.2) is 6.10 Å². The number of benzene rings is 2. The van der Waals surface area contributed by atoms with Gasteiger partial charge in [0.25, 0.3) is 5.91 Å². The van der Waals surface area contributed by atoms with Gasteiger partial charge in [-0.15, -0.1) is 11.3 Å². The van der Waals surface area contributed by atoms with Gasteiger partial charge in [0, 0.05) is 10.9 Å². The molecule has 4 rings (SSSR count). The van der Waals surface area contributed by atoms with E-state index in [0.717, 1.165) is 21.8 Å². The standard InChI is InChI=1S/C22H20N2O4S/c1-13-21(25)24(11-15-4-6-16(7-5-15)22(26)27-3)19-10-17(8-9-20(19)28-13)18-12-29-14(2)23-18/h4-10,12-13H,11H2,1-3H3. The summed E-state index contributed by atoms with van der Waals surface area (Å²) in [7, 11) is 1.35. The van der Waals surface area contributed by atoms with Crippen molar-refractivity contribution in [2.75, 3.05) is 12.0 Å². The molecule has 0 N–H and O–H groups in total. The quantitative estimate of drug-likeness (QED) is 0.605. The lowest BCUT2D eigenvalue weighted by molar-refractivity contribution is -0.125. The first-order valence-corrected chi connectivity index (χ1v) is 10.1. The molecule has 1 aromatic heterocycles. The van der Waals surface area contributed by atoms with Crippen molar-refractivity contribution in [3.8, 4) is 17.0 Å². The van der Waals surface area contributed by atoms with Crippen LogP contribution in [0, 0.1) is 6.92 Å². The molecule has 6 nitrogen and oxygen atoms in total. The molecular formula is C22H20N2O4S. The fourth-order valence-corrected chi connectivity index (χ4v) is 3.89. The van der Waals surface area contributed by atoms with Crippen LogP contribution < -0.4 is 9.64 Å². The molecule has 3 aromatic rings. The third kappa shape index (κ3) is 3.73. The second kappa shape index (κ2) is 7.67. The predicted molar refractivity (Wildman–Crippen MR) is 111 cm³/mol. The molecular weight excluding hydrogens is 388 g/mol. The highest BCUT2D eigenvalue weighted by molar-refractivity contribution is 7.09. The van der Waals surface area contributed by atoms with E-state index in [9.17, 15) is 9.59 Å². The Morgan fingerprint density at radius 2 is 2.00 bits per heavy atom. The van der Waals surface area contributed by atoms with E-state index < -0.39 is 6.10 Å². The number of nitrogens with zero attached hydrogens (tertiary/aromatic N) is 2. The maximum atomic E-state index is 12.9. The van der Waals surface area contributed by atoms with Crippen molar-refractivity contribution in [3.05, 3.63) is 64.0 Å². The Labute approximate surface area is 172 Å². The van der Waals surface area contributed by atoms with Crippen LogP contribution in [0.1, 0.15) is 27.9 Å². The highest BCUT2D eigenvalue weighted by atomic mass is 32.1. The average molecular weight is 408 g/mol. The van der Waals surface area contributed by atoms with Crippen LogP contribution in [0.3, 0.4) is 0 Å². The second-order valence-corrected chi connectivity index (χ2v) is 7.87. The second-order valence-electron chi connectivity index (χ2n) is 6.81. The van der Waals surface area contributed by atoms with Crippen LogP contribution in [0.25, 0.3) is 11.3 Å². The number of rotatable bonds is 4. The number of hydrogen-bond acceptors (Lipinski definition) is 6. The molecule has 1 atom stereocenters. The van der Waals surface area contributed by atoms with Crippen molar-refractivity contribution >= 4 is 28.9 Å². The van der Waals surface area contributed by atoms with Gasteiger partial charge in [0.1, 0.15) is 5.75 Å². The molecule has 2 aromatic carbocycles. The summed E-state index contributed by atoms with van der Waals surface area (Å²) in [5.74, 6) is 0.168. The van der Waals surface area contributed by atoms with E-state index in [1.165, 1.54) is 7.11 Å². The zero-order valence-corrected chi connectivity index (χ0v) is 17.2.